The van der Waals surface area contributed by atoms with Gasteiger partial charge in [-0.15, -0.1) is 0 Å². The van der Waals surface area contributed by atoms with Gasteiger partial charge in [0.2, 0.25) is 0 Å². The molecule has 0 spiro atoms. The van der Waals surface area contributed by atoms with Crippen molar-refractivity contribution < 1.29 is 4.79 Å². The minimum Gasteiger partial charge on any atom is -0.308 e. The van der Waals surface area contributed by atoms with Crippen molar-refractivity contribution in [2.45, 2.75) is 20.4 Å². The van der Waals surface area contributed by atoms with E-state index in [-0.39, 0.29) is 11.6 Å². The van der Waals surface area contributed by atoms with Crippen LogP contribution in [0.25, 0.3) is 10.9 Å². The Morgan fingerprint density at radius 1 is 1.04 bits per heavy atom. The topological polar surface area (TPSA) is 76.0 Å². The summed E-state index contributed by atoms with van der Waals surface area (Å²) in [5.74, 6) is 0.691. The van der Waals surface area contributed by atoms with Gasteiger partial charge in [0.15, 0.2) is 0 Å². The third-order valence-electron chi connectivity index (χ3n) is 3.69. The van der Waals surface area contributed by atoms with Crippen LogP contribution < -0.4 is 16.3 Å². The summed E-state index contributed by atoms with van der Waals surface area (Å²) in [6, 6.07) is 16.0. The van der Waals surface area contributed by atoms with Crippen molar-refractivity contribution in [2.75, 3.05) is 10.6 Å². The van der Waals surface area contributed by atoms with Gasteiger partial charge in [0.25, 0.3) is 0 Å². The maximum Gasteiger partial charge on any atom is 0.349 e. The van der Waals surface area contributed by atoms with Crippen molar-refractivity contribution in [3.8, 4) is 0 Å². The summed E-state index contributed by atoms with van der Waals surface area (Å²) >= 11 is 0. The molecule has 1 heterocycles. The number of para-hydroxylation sites is 2. The van der Waals surface area contributed by atoms with E-state index in [0.717, 1.165) is 5.39 Å². The number of urea groups is 1. The van der Waals surface area contributed by atoms with E-state index in [4.69, 9.17) is 0 Å². The highest BCUT2D eigenvalue weighted by Crippen LogP contribution is 2.21. The van der Waals surface area contributed by atoms with E-state index in [1.54, 1.807) is 18.2 Å². The first-order valence-corrected chi connectivity index (χ1v) is 8.17. The predicted octanol–water partition coefficient (Wildman–Crippen LogP) is 3.70. The number of benzene rings is 2. The van der Waals surface area contributed by atoms with Crippen LogP contribution in [0.5, 0.6) is 0 Å². The third kappa shape index (κ3) is 3.85. The van der Waals surface area contributed by atoms with Gasteiger partial charge in [-0.25, -0.2) is 9.59 Å². The van der Waals surface area contributed by atoms with Crippen LogP contribution in [0, 0.1) is 5.92 Å². The van der Waals surface area contributed by atoms with Crippen LogP contribution in [0.3, 0.4) is 0 Å². The molecule has 0 fully saturated rings. The lowest BCUT2D eigenvalue weighted by Gasteiger charge is -2.17. The number of fused-ring (bicyclic) bond motifs is 1. The zero-order valence-electron chi connectivity index (χ0n) is 14.2. The van der Waals surface area contributed by atoms with E-state index in [1.807, 2.05) is 50.2 Å². The fourth-order valence-electron chi connectivity index (χ4n) is 2.64. The lowest BCUT2D eigenvalue weighted by molar-refractivity contribution is 0.262. The number of nitrogens with zero attached hydrogens (tertiary/aromatic N) is 2. The molecule has 2 N–H and O–H groups in total. The van der Waals surface area contributed by atoms with Crippen molar-refractivity contribution in [3.63, 3.8) is 0 Å². The molecule has 0 atom stereocenters. The number of hydrogen-bond acceptors (Lipinski definition) is 3. The molecule has 0 saturated carbocycles. The zero-order valence-corrected chi connectivity index (χ0v) is 14.2. The highest BCUT2D eigenvalue weighted by atomic mass is 16.2. The average Bonchev–Trinajstić information content (AvgIpc) is 2.58. The second-order valence-corrected chi connectivity index (χ2v) is 6.21. The van der Waals surface area contributed by atoms with E-state index in [2.05, 4.69) is 15.6 Å². The van der Waals surface area contributed by atoms with E-state index >= 15 is 0 Å². The number of rotatable bonds is 4. The molecule has 128 valence electrons. The number of aromatic nitrogens is 2. The van der Waals surface area contributed by atoms with E-state index in [9.17, 15) is 9.59 Å². The van der Waals surface area contributed by atoms with E-state index in [0.29, 0.717) is 23.6 Å². The second kappa shape index (κ2) is 7.17. The lowest BCUT2D eigenvalue weighted by Crippen LogP contribution is -2.31. The van der Waals surface area contributed by atoms with Gasteiger partial charge >= 0.3 is 11.7 Å². The van der Waals surface area contributed by atoms with Gasteiger partial charge in [0.05, 0.1) is 5.52 Å². The molecule has 0 radical (unpaired) electrons. The van der Waals surface area contributed by atoms with Crippen molar-refractivity contribution in [2.24, 2.45) is 5.92 Å². The molecule has 6 heteroatoms. The number of anilines is 2. The smallest absolute Gasteiger partial charge is 0.308 e. The Labute approximate surface area is 145 Å². The lowest BCUT2D eigenvalue weighted by atomic mass is 10.2. The highest BCUT2D eigenvalue weighted by molar-refractivity contribution is 6.04. The number of amides is 2. The van der Waals surface area contributed by atoms with Crippen molar-refractivity contribution in [1.29, 1.82) is 0 Å². The second-order valence-electron chi connectivity index (χ2n) is 6.21. The van der Waals surface area contributed by atoms with Gasteiger partial charge in [-0.05, 0) is 30.2 Å². The number of carbonyl (C=O) groups excluding carboxylic acids is 1. The molecule has 2 aromatic carbocycles. The molecule has 3 rings (SSSR count). The zero-order chi connectivity index (χ0) is 17.8. The number of carbonyl (C=O) groups is 1. The summed E-state index contributed by atoms with van der Waals surface area (Å²) < 4.78 is 1.51. The van der Waals surface area contributed by atoms with Gasteiger partial charge in [-0.3, -0.25) is 9.88 Å². The minimum absolute atomic E-state index is 0.235. The summed E-state index contributed by atoms with van der Waals surface area (Å²) in [6.07, 6.45) is 0. The summed E-state index contributed by atoms with van der Waals surface area (Å²) in [5, 5.41) is 6.32. The first-order chi connectivity index (χ1) is 12.0. The molecule has 0 bridgehead atoms. The van der Waals surface area contributed by atoms with Crippen LogP contribution >= 0.6 is 0 Å². The third-order valence-corrected chi connectivity index (χ3v) is 3.69. The molecular weight excluding hydrogens is 316 g/mol. The van der Waals surface area contributed by atoms with Gasteiger partial charge in [0.1, 0.15) is 5.82 Å². The predicted molar refractivity (Wildman–Crippen MR) is 99.9 cm³/mol. The summed E-state index contributed by atoms with van der Waals surface area (Å²) in [7, 11) is 0. The minimum atomic E-state index is -0.403. The van der Waals surface area contributed by atoms with Crippen LogP contribution in [0.2, 0.25) is 0 Å². The summed E-state index contributed by atoms with van der Waals surface area (Å²) in [6.45, 7) is 4.49. The Morgan fingerprint density at radius 3 is 2.44 bits per heavy atom. The highest BCUT2D eigenvalue weighted by Gasteiger charge is 2.15. The van der Waals surface area contributed by atoms with Crippen LogP contribution in [0.1, 0.15) is 13.8 Å². The van der Waals surface area contributed by atoms with Crippen molar-refractivity contribution in [1.82, 2.24) is 9.55 Å². The quantitative estimate of drug-likeness (QED) is 0.763. The van der Waals surface area contributed by atoms with Gasteiger partial charge < -0.3 is 5.32 Å². The Balaban J connectivity index is 2.00. The SMILES string of the molecule is CC(C)Cn1c(NC(=O)Nc2ccccc2)c2ccccc2nc1=O. The average molecular weight is 336 g/mol. The van der Waals surface area contributed by atoms with Crippen LogP contribution in [0.4, 0.5) is 16.3 Å². The number of nitrogens with one attached hydrogen (secondary N) is 2. The normalized spacial score (nSPS) is 10.8. The summed E-state index contributed by atoms with van der Waals surface area (Å²) in [4.78, 5) is 28.9. The first-order valence-electron chi connectivity index (χ1n) is 8.17. The van der Waals surface area contributed by atoms with Gasteiger partial charge in [-0.1, -0.05) is 44.2 Å². The first kappa shape index (κ1) is 16.7. The molecule has 0 saturated heterocycles. The Bertz CT molecular complexity index is 949. The van der Waals surface area contributed by atoms with E-state index in [1.165, 1.54) is 4.57 Å². The standard InChI is InChI=1S/C19H20N4O2/c1-13(2)12-23-17(15-10-6-7-11-16(15)21-19(23)25)22-18(24)20-14-8-4-3-5-9-14/h3-11,13H,12H2,1-2H3,(H2,20,22,24). The summed E-state index contributed by atoms with van der Waals surface area (Å²) in [5.41, 5.74) is 0.862. The Morgan fingerprint density at radius 2 is 1.72 bits per heavy atom. The van der Waals surface area contributed by atoms with E-state index < -0.39 is 6.03 Å². The molecular formula is C19H20N4O2. The molecule has 0 unspecified atom stereocenters. The van der Waals surface area contributed by atoms with Crippen molar-refractivity contribution in [3.05, 3.63) is 65.1 Å². The molecule has 25 heavy (non-hydrogen) atoms. The van der Waals surface area contributed by atoms with Gasteiger partial charge in [-0.2, -0.15) is 4.98 Å². The van der Waals surface area contributed by atoms with Crippen LogP contribution in [0.15, 0.2) is 59.4 Å². The molecule has 0 aliphatic rings. The van der Waals surface area contributed by atoms with Crippen molar-refractivity contribution >= 4 is 28.4 Å². The molecule has 2 amide bonds. The molecule has 6 nitrogen and oxygen atoms in total. The largest absolute Gasteiger partial charge is 0.349 e. The fourth-order valence-corrected chi connectivity index (χ4v) is 2.64. The monoisotopic (exact) mass is 336 g/mol. The van der Waals surface area contributed by atoms with Crippen LogP contribution in [-0.2, 0) is 6.54 Å². The molecule has 0 aliphatic heterocycles. The molecule has 3 aromatic rings. The Hall–Kier alpha value is -3.15. The number of hydrogen-bond donors (Lipinski definition) is 2. The Kier molecular flexibility index (Phi) is 4.79. The maximum atomic E-state index is 12.4. The van der Waals surface area contributed by atoms with Gasteiger partial charge in [0, 0.05) is 17.6 Å². The fraction of sp³-hybridized carbons (Fsp3) is 0.211. The molecule has 1 aromatic heterocycles. The molecule has 0 aliphatic carbocycles. The van der Waals surface area contributed by atoms with Crippen LogP contribution in [-0.4, -0.2) is 15.6 Å². The maximum absolute atomic E-state index is 12.4.